The number of aliphatic hydroxyl groups excluding tert-OH is 1. The first kappa shape index (κ1) is 33.8. The summed E-state index contributed by atoms with van der Waals surface area (Å²) in [5.41, 5.74) is -1.25. The van der Waals surface area contributed by atoms with E-state index in [-0.39, 0.29) is 32.5 Å². The molecular formula is C30H40FN5O9S. The SMILES string of the molecule is C=C[C@@H]1C[C@]1(NC(=O)[C@@H]1C[C@@H](OC(O)N2Cc3cccc(F)c3C2)CN1C(=O)CNC(=O)OC(C)(C)C)C(=O)NS(=O)(=O)C1CC1. The molecule has 1 aromatic carbocycles. The number of nitrogens with zero attached hydrogens (tertiary/aromatic N) is 2. The fraction of sp³-hybridized carbons (Fsp3) is 0.600. The lowest BCUT2D eigenvalue weighted by atomic mass is 10.1. The quantitative estimate of drug-likeness (QED) is 0.193. The molecule has 0 radical (unpaired) electrons. The number of sulfonamides is 1. The maximum Gasteiger partial charge on any atom is 0.408 e. The molecule has 2 aliphatic carbocycles. The average molecular weight is 666 g/mol. The molecule has 1 unspecified atom stereocenters. The van der Waals surface area contributed by atoms with Crippen molar-refractivity contribution < 1.29 is 46.6 Å². The molecule has 0 aromatic heterocycles. The van der Waals surface area contributed by atoms with Gasteiger partial charge in [0.15, 0.2) is 0 Å². The zero-order valence-corrected chi connectivity index (χ0v) is 26.8. The van der Waals surface area contributed by atoms with Crippen LogP contribution in [-0.2, 0) is 47.0 Å². The molecule has 4 N–H and O–H groups in total. The first-order chi connectivity index (χ1) is 21.5. The van der Waals surface area contributed by atoms with Crippen LogP contribution in [0.2, 0.25) is 0 Å². The van der Waals surface area contributed by atoms with Crippen molar-refractivity contribution in [3.8, 4) is 0 Å². The van der Waals surface area contributed by atoms with Gasteiger partial charge < -0.3 is 30.1 Å². The average Bonchev–Trinajstić information content (AvgIpc) is 3.85. The number of carbonyl (C=O) groups is 4. The number of halogens is 1. The van der Waals surface area contributed by atoms with Crippen LogP contribution in [0.25, 0.3) is 0 Å². The van der Waals surface area contributed by atoms with Gasteiger partial charge in [0.2, 0.25) is 28.3 Å². The van der Waals surface area contributed by atoms with Crippen molar-refractivity contribution in [3.63, 3.8) is 0 Å². The molecule has 2 heterocycles. The van der Waals surface area contributed by atoms with Gasteiger partial charge in [-0.3, -0.25) is 19.1 Å². The largest absolute Gasteiger partial charge is 0.444 e. The van der Waals surface area contributed by atoms with Gasteiger partial charge in [0.1, 0.15) is 29.5 Å². The van der Waals surface area contributed by atoms with E-state index in [2.05, 4.69) is 21.9 Å². The molecular weight excluding hydrogens is 625 g/mol. The number of hydrogen-bond donors (Lipinski definition) is 4. The maximum absolute atomic E-state index is 14.3. The third kappa shape index (κ3) is 7.35. The number of rotatable bonds is 11. The summed E-state index contributed by atoms with van der Waals surface area (Å²) in [7, 11) is -3.90. The summed E-state index contributed by atoms with van der Waals surface area (Å²) in [6, 6.07) is 3.45. The van der Waals surface area contributed by atoms with E-state index < -0.39 is 87.1 Å². The van der Waals surface area contributed by atoms with Crippen LogP contribution in [0, 0.1) is 11.7 Å². The third-order valence-electron chi connectivity index (χ3n) is 8.49. The Bertz CT molecular complexity index is 1530. The first-order valence-corrected chi connectivity index (χ1v) is 16.7. The number of alkyl carbamates (subject to hydrolysis) is 1. The van der Waals surface area contributed by atoms with Gasteiger partial charge in [-0.1, -0.05) is 18.2 Å². The van der Waals surface area contributed by atoms with Crippen molar-refractivity contribution in [2.75, 3.05) is 13.1 Å². The van der Waals surface area contributed by atoms with E-state index in [1.807, 2.05) is 0 Å². The van der Waals surface area contributed by atoms with Crippen molar-refractivity contribution in [2.24, 2.45) is 5.92 Å². The number of ether oxygens (including phenoxy) is 2. The fourth-order valence-corrected chi connectivity index (χ4v) is 7.19. The van der Waals surface area contributed by atoms with Crippen LogP contribution in [0.5, 0.6) is 0 Å². The lowest BCUT2D eigenvalue weighted by molar-refractivity contribution is -0.218. The summed E-state index contributed by atoms with van der Waals surface area (Å²) in [6.45, 7) is 8.30. The minimum absolute atomic E-state index is 0.0899. The van der Waals surface area contributed by atoms with E-state index in [1.165, 1.54) is 21.9 Å². The lowest BCUT2D eigenvalue weighted by Gasteiger charge is -2.27. The van der Waals surface area contributed by atoms with Gasteiger partial charge in [-0.15, -0.1) is 6.58 Å². The van der Waals surface area contributed by atoms with E-state index >= 15 is 0 Å². The van der Waals surface area contributed by atoms with Gasteiger partial charge >= 0.3 is 6.09 Å². The van der Waals surface area contributed by atoms with Crippen molar-refractivity contribution >= 4 is 33.8 Å². The Hall–Kier alpha value is -3.60. The number of benzene rings is 1. The summed E-state index contributed by atoms with van der Waals surface area (Å²) in [4.78, 5) is 55.1. The highest BCUT2D eigenvalue weighted by Crippen LogP contribution is 2.45. The Morgan fingerprint density at radius 2 is 1.93 bits per heavy atom. The second-order valence-electron chi connectivity index (χ2n) is 13.2. The second kappa shape index (κ2) is 12.5. The lowest BCUT2D eigenvalue weighted by Crippen LogP contribution is -2.57. The van der Waals surface area contributed by atoms with Crippen LogP contribution in [0.15, 0.2) is 30.9 Å². The zero-order chi connectivity index (χ0) is 33.6. The van der Waals surface area contributed by atoms with Gasteiger partial charge in [-0.2, -0.15) is 0 Å². The van der Waals surface area contributed by atoms with E-state index in [9.17, 15) is 37.1 Å². The Kier molecular flexibility index (Phi) is 9.20. The second-order valence-corrected chi connectivity index (χ2v) is 15.2. The van der Waals surface area contributed by atoms with Crippen molar-refractivity contribution in [1.29, 1.82) is 0 Å². The predicted octanol–water partition coefficient (Wildman–Crippen LogP) is 0.597. The van der Waals surface area contributed by atoms with Gasteiger partial charge in [-0.05, 0) is 51.7 Å². The minimum atomic E-state index is -3.90. The molecule has 0 spiro atoms. The highest BCUT2D eigenvalue weighted by Gasteiger charge is 2.62. The summed E-state index contributed by atoms with van der Waals surface area (Å²) >= 11 is 0. The molecule has 5 atom stereocenters. The number of hydrogen-bond acceptors (Lipinski definition) is 10. The highest BCUT2D eigenvalue weighted by atomic mass is 32.2. The van der Waals surface area contributed by atoms with Crippen molar-refractivity contribution in [1.82, 2.24) is 25.2 Å². The number of likely N-dealkylation sites (tertiary alicyclic amines) is 1. The van der Waals surface area contributed by atoms with Crippen LogP contribution in [0.3, 0.4) is 0 Å². The molecule has 16 heteroatoms. The van der Waals surface area contributed by atoms with Crippen LogP contribution >= 0.6 is 0 Å². The number of amides is 4. The number of carbonyl (C=O) groups excluding carboxylic acids is 4. The summed E-state index contributed by atoms with van der Waals surface area (Å²) < 4.78 is 52.4. The highest BCUT2D eigenvalue weighted by molar-refractivity contribution is 7.91. The van der Waals surface area contributed by atoms with Gasteiger partial charge in [0, 0.05) is 37.5 Å². The van der Waals surface area contributed by atoms with Crippen LogP contribution < -0.4 is 15.4 Å². The monoisotopic (exact) mass is 665 g/mol. The molecule has 2 saturated carbocycles. The smallest absolute Gasteiger partial charge is 0.408 e. The van der Waals surface area contributed by atoms with Crippen molar-refractivity contribution in [3.05, 3.63) is 47.8 Å². The summed E-state index contributed by atoms with van der Waals surface area (Å²) in [5, 5.41) is 15.2. The van der Waals surface area contributed by atoms with E-state index in [1.54, 1.807) is 32.9 Å². The molecule has 1 aromatic rings. The first-order valence-electron chi connectivity index (χ1n) is 15.1. The number of aliphatic hydroxyl groups is 1. The number of fused-ring (bicyclic) bond motifs is 1. The molecule has 0 bridgehead atoms. The molecule has 5 rings (SSSR count). The van der Waals surface area contributed by atoms with Gasteiger partial charge in [0.25, 0.3) is 5.91 Å². The normalized spacial score (nSPS) is 26.5. The Morgan fingerprint density at radius 1 is 1.22 bits per heavy atom. The molecule has 14 nitrogen and oxygen atoms in total. The summed E-state index contributed by atoms with van der Waals surface area (Å²) in [5.74, 6) is -3.24. The Balaban J connectivity index is 1.29. The molecule has 252 valence electrons. The van der Waals surface area contributed by atoms with Crippen molar-refractivity contribution in [2.45, 2.75) is 94.5 Å². The van der Waals surface area contributed by atoms with Crippen LogP contribution in [-0.4, -0.2) is 95.2 Å². The van der Waals surface area contributed by atoms with E-state index in [0.717, 1.165) is 0 Å². The van der Waals surface area contributed by atoms with Crippen LogP contribution in [0.1, 0.15) is 57.6 Å². The predicted molar refractivity (Wildman–Crippen MR) is 160 cm³/mol. The molecule has 46 heavy (non-hydrogen) atoms. The standard InChI is InChI=1S/C30H40FN5O9S/c1-5-18-12-30(18,26(39)34-46(42,43)20-9-10-20)33-25(38)23-11-19(15-36(23)24(37)13-32-27(40)45-29(2,3)4)44-28(41)35-14-17-7-6-8-22(31)21(17)16-35/h5-8,18-20,23,28,41H,1,9-16H2,2-4H3,(H,32,40)(H,33,38)(H,34,39)/t18-,19-,23+,28?,30-/m1/s1. The molecule has 1 saturated heterocycles. The zero-order valence-electron chi connectivity index (χ0n) is 26.0. The van der Waals surface area contributed by atoms with Crippen LogP contribution in [0.4, 0.5) is 9.18 Å². The Labute approximate surface area is 266 Å². The van der Waals surface area contributed by atoms with Gasteiger partial charge in [0.05, 0.1) is 11.4 Å². The van der Waals surface area contributed by atoms with E-state index in [4.69, 9.17) is 9.47 Å². The number of nitrogens with one attached hydrogen (secondary N) is 3. The topological polar surface area (TPSA) is 184 Å². The maximum atomic E-state index is 14.3. The minimum Gasteiger partial charge on any atom is -0.444 e. The van der Waals surface area contributed by atoms with Gasteiger partial charge in [-0.25, -0.2) is 22.5 Å². The molecule has 2 aliphatic heterocycles. The third-order valence-corrected chi connectivity index (χ3v) is 10.3. The molecule has 3 fully saturated rings. The molecule has 4 amide bonds. The summed E-state index contributed by atoms with van der Waals surface area (Å²) in [6.07, 6.45) is -0.848. The molecule has 4 aliphatic rings. The Morgan fingerprint density at radius 3 is 2.54 bits per heavy atom. The van der Waals surface area contributed by atoms with E-state index in [0.29, 0.717) is 24.0 Å². The fourth-order valence-electron chi connectivity index (χ4n) is 5.82.